The van der Waals surface area contributed by atoms with Crippen molar-refractivity contribution in [1.29, 1.82) is 0 Å². The van der Waals surface area contributed by atoms with Crippen molar-refractivity contribution in [3.05, 3.63) is 48.7 Å². The Morgan fingerprint density at radius 3 is 2.82 bits per heavy atom. The molecule has 0 radical (unpaired) electrons. The third kappa shape index (κ3) is 1.89. The van der Waals surface area contributed by atoms with Crippen molar-refractivity contribution >= 4 is 10.9 Å². The second-order valence-corrected chi connectivity index (χ2v) is 5.15. The number of fused-ring (bicyclic) bond motifs is 1. The fraction of sp³-hybridized carbons (Fsp3) is 0.333. The van der Waals surface area contributed by atoms with E-state index in [1.54, 1.807) is 0 Å². The van der Waals surface area contributed by atoms with Gasteiger partial charge < -0.3 is 10.3 Å². The summed E-state index contributed by atoms with van der Waals surface area (Å²) in [4.78, 5) is 0. The Balaban J connectivity index is 2.07. The zero-order chi connectivity index (χ0) is 11.9. The van der Waals surface area contributed by atoms with Crippen LogP contribution in [0.4, 0.5) is 0 Å². The fourth-order valence-corrected chi connectivity index (χ4v) is 2.47. The lowest BCUT2D eigenvalue weighted by Gasteiger charge is -2.06. The van der Waals surface area contributed by atoms with Gasteiger partial charge in [0.15, 0.2) is 0 Å². The number of para-hydroxylation sites is 1. The highest BCUT2D eigenvalue weighted by atomic mass is 15.0. The molecule has 1 heterocycles. The lowest BCUT2D eigenvalue weighted by Crippen LogP contribution is -2.24. The van der Waals surface area contributed by atoms with Crippen LogP contribution in [0.2, 0.25) is 0 Å². The zero-order valence-corrected chi connectivity index (χ0v) is 10.0. The minimum atomic E-state index is 0.0726. The number of nitrogens with two attached hydrogens (primary N) is 1. The summed E-state index contributed by atoms with van der Waals surface area (Å²) in [5, 5.41) is 1.34. The fourth-order valence-electron chi connectivity index (χ4n) is 2.47. The Morgan fingerprint density at radius 2 is 2.12 bits per heavy atom. The van der Waals surface area contributed by atoms with Crippen molar-refractivity contribution in [2.24, 2.45) is 5.73 Å². The molecule has 0 spiro atoms. The van der Waals surface area contributed by atoms with E-state index in [1.807, 2.05) is 6.08 Å². The molecule has 1 fully saturated rings. The highest BCUT2D eigenvalue weighted by molar-refractivity contribution is 5.84. The van der Waals surface area contributed by atoms with Crippen LogP contribution < -0.4 is 5.73 Å². The van der Waals surface area contributed by atoms with E-state index in [-0.39, 0.29) is 5.54 Å². The van der Waals surface area contributed by atoms with Gasteiger partial charge in [0, 0.05) is 29.2 Å². The molecule has 0 amide bonds. The van der Waals surface area contributed by atoms with E-state index in [4.69, 9.17) is 5.73 Å². The van der Waals surface area contributed by atoms with Crippen LogP contribution in [-0.2, 0) is 13.0 Å². The second kappa shape index (κ2) is 3.74. The molecule has 1 saturated carbocycles. The smallest absolute Gasteiger partial charge is 0.0486 e. The molecular formula is C15H18N2. The van der Waals surface area contributed by atoms with E-state index >= 15 is 0 Å². The average molecular weight is 226 g/mol. The van der Waals surface area contributed by atoms with Crippen molar-refractivity contribution < 1.29 is 0 Å². The van der Waals surface area contributed by atoms with E-state index in [2.05, 4.69) is 41.6 Å². The van der Waals surface area contributed by atoms with Gasteiger partial charge in [0.1, 0.15) is 0 Å². The van der Waals surface area contributed by atoms with Gasteiger partial charge in [-0.3, -0.25) is 0 Å². The standard InChI is InChI=1S/C15H18N2/c1-2-9-17-11-12(10-15(16)7-8-15)13-5-3-4-6-14(13)17/h2-6,11H,1,7-10,16H2. The zero-order valence-electron chi connectivity index (χ0n) is 10.0. The molecule has 2 N–H and O–H groups in total. The quantitative estimate of drug-likeness (QED) is 0.798. The van der Waals surface area contributed by atoms with Gasteiger partial charge in [-0.05, 0) is 30.9 Å². The first-order valence-corrected chi connectivity index (χ1v) is 6.18. The van der Waals surface area contributed by atoms with Crippen molar-refractivity contribution in [2.75, 3.05) is 0 Å². The Labute approximate surface area is 102 Å². The lowest BCUT2D eigenvalue weighted by molar-refractivity contribution is 0.672. The maximum Gasteiger partial charge on any atom is 0.0486 e. The molecule has 0 saturated heterocycles. The molecule has 1 aliphatic rings. The summed E-state index contributed by atoms with van der Waals surface area (Å²) in [6.45, 7) is 4.67. The van der Waals surface area contributed by atoms with E-state index < -0.39 is 0 Å². The van der Waals surface area contributed by atoms with Crippen LogP contribution in [0.5, 0.6) is 0 Å². The summed E-state index contributed by atoms with van der Waals surface area (Å²) in [5.41, 5.74) is 8.96. The first-order valence-electron chi connectivity index (χ1n) is 6.18. The summed E-state index contributed by atoms with van der Waals surface area (Å²) in [5.74, 6) is 0. The number of hydrogen-bond acceptors (Lipinski definition) is 1. The third-order valence-electron chi connectivity index (χ3n) is 3.63. The molecule has 17 heavy (non-hydrogen) atoms. The van der Waals surface area contributed by atoms with Gasteiger partial charge in [0.2, 0.25) is 0 Å². The molecule has 1 aliphatic carbocycles. The summed E-state index contributed by atoms with van der Waals surface area (Å²) >= 11 is 0. The van der Waals surface area contributed by atoms with Crippen LogP contribution in [-0.4, -0.2) is 10.1 Å². The van der Waals surface area contributed by atoms with Crippen LogP contribution in [0.3, 0.4) is 0 Å². The molecule has 0 atom stereocenters. The van der Waals surface area contributed by atoms with Crippen LogP contribution in [0.1, 0.15) is 18.4 Å². The highest BCUT2D eigenvalue weighted by Gasteiger charge is 2.38. The Kier molecular flexibility index (Phi) is 2.33. The van der Waals surface area contributed by atoms with Gasteiger partial charge >= 0.3 is 0 Å². The van der Waals surface area contributed by atoms with Crippen LogP contribution in [0, 0.1) is 0 Å². The number of allylic oxidation sites excluding steroid dienone is 1. The van der Waals surface area contributed by atoms with Gasteiger partial charge in [-0.1, -0.05) is 24.3 Å². The van der Waals surface area contributed by atoms with Gasteiger partial charge in [-0.2, -0.15) is 0 Å². The molecule has 2 aromatic rings. The predicted molar refractivity (Wildman–Crippen MR) is 72.0 cm³/mol. The lowest BCUT2D eigenvalue weighted by atomic mass is 10.0. The largest absolute Gasteiger partial charge is 0.343 e. The monoisotopic (exact) mass is 226 g/mol. The van der Waals surface area contributed by atoms with Gasteiger partial charge in [-0.15, -0.1) is 6.58 Å². The molecule has 3 rings (SSSR count). The maximum atomic E-state index is 6.22. The topological polar surface area (TPSA) is 30.9 Å². The van der Waals surface area contributed by atoms with Gasteiger partial charge in [0.05, 0.1) is 0 Å². The molecule has 0 aliphatic heterocycles. The molecule has 2 nitrogen and oxygen atoms in total. The van der Waals surface area contributed by atoms with Crippen LogP contribution in [0.25, 0.3) is 10.9 Å². The minimum Gasteiger partial charge on any atom is -0.343 e. The van der Waals surface area contributed by atoms with Crippen LogP contribution in [0.15, 0.2) is 43.1 Å². The van der Waals surface area contributed by atoms with Gasteiger partial charge in [0.25, 0.3) is 0 Å². The Bertz CT molecular complexity index is 561. The average Bonchev–Trinajstić information content (AvgIpc) is 2.96. The predicted octanol–water partition coefficient (Wildman–Crippen LogP) is 2.86. The first-order chi connectivity index (χ1) is 8.22. The third-order valence-corrected chi connectivity index (χ3v) is 3.63. The summed E-state index contributed by atoms with van der Waals surface area (Å²) < 4.78 is 2.25. The molecule has 1 aromatic carbocycles. The van der Waals surface area contributed by atoms with Crippen molar-refractivity contribution in [3.8, 4) is 0 Å². The number of aromatic nitrogens is 1. The second-order valence-electron chi connectivity index (χ2n) is 5.15. The Hall–Kier alpha value is -1.54. The maximum absolute atomic E-state index is 6.22. The van der Waals surface area contributed by atoms with Crippen molar-refractivity contribution in [3.63, 3.8) is 0 Å². The van der Waals surface area contributed by atoms with Crippen molar-refractivity contribution in [1.82, 2.24) is 4.57 Å². The SMILES string of the molecule is C=CCn1cc(CC2(N)CC2)c2ccccc21. The van der Waals surface area contributed by atoms with E-state index in [0.29, 0.717) is 0 Å². The highest BCUT2D eigenvalue weighted by Crippen LogP contribution is 2.37. The van der Waals surface area contributed by atoms with E-state index in [9.17, 15) is 0 Å². The molecule has 0 bridgehead atoms. The normalized spacial score (nSPS) is 17.2. The number of rotatable bonds is 4. The van der Waals surface area contributed by atoms with Gasteiger partial charge in [-0.25, -0.2) is 0 Å². The number of hydrogen-bond donors (Lipinski definition) is 1. The first kappa shape index (κ1) is 10.6. The summed E-state index contributed by atoms with van der Waals surface area (Å²) in [6.07, 6.45) is 7.49. The summed E-state index contributed by atoms with van der Waals surface area (Å²) in [7, 11) is 0. The summed E-state index contributed by atoms with van der Waals surface area (Å²) in [6, 6.07) is 8.54. The molecule has 0 unspecified atom stereocenters. The molecule has 88 valence electrons. The van der Waals surface area contributed by atoms with Crippen molar-refractivity contribution in [2.45, 2.75) is 31.3 Å². The Morgan fingerprint density at radius 1 is 1.35 bits per heavy atom. The van der Waals surface area contributed by atoms with Crippen LogP contribution >= 0.6 is 0 Å². The van der Waals surface area contributed by atoms with E-state index in [0.717, 1.165) is 25.8 Å². The molecular weight excluding hydrogens is 208 g/mol. The van der Waals surface area contributed by atoms with E-state index in [1.165, 1.54) is 16.5 Å². The number of benzene rings is 1. The molecule has 1 aromatic heterocycles. The minimum absolute atomic E-state index is 0.0726. The molecule has 2 heteroatoms. The number of nitrogens with zero attached hydrogens (tertiary/aromatic N) is 1.